The SMILES string of the molecule is CN(CCC(=O)N(C)CCC(N)=S)Cc1ccoc1. The number of hydrogen-bond donors (Lipinski definition) is 1. The molecule has 2 N–H and O–H groups in total. The van der Waals surface area contributed by atoms with Crippen LogP contribution in [-0.4, -0.2) is 47.9 Å². The number of furan rings is 1. The number of hydrogen-bond acceptors (Lipinski definition) is 4. The maximum atomic E-state index is 11.9. The van der Waals surface area contributed by atoms with Gasteiger partial charge in [0, 0.05) is 45.1 Å². The maximum Gasteiger partial charge on any atom is 0.223 e. The van der Waals surface area contributed by atoms with Crippen LogP contribution < -0.4 is 5.73 Å². The Balaban J connectivity index is 2.23. The molecule has 6 heteroatoms. The van der Waals surface area contributed by atoms with Gasteiger partial charge in [-0.3, -0.25) is 4.79 Å². The van der Waals surface area contributed by atoms with Gasteiger partial charge in [-0.05, 0) is 13.1 Å². The molecular formula is C13H21N3O2S. The molecule has 5 nitrogen and oxygen atoms in total. The summed E-state index contributed by atoms with van der Waals surface area (Å²) in [5.74, 6) is 0.107. The standard InChI is InChI=1S/C13H21N3O2S/c1-15(9-11-5-8-18-10-11)6-4-13(17)16(2)7-3-12(14)19/h5,8,10H,3-4,6-7,9H2,1-2H3,(H2,14,19). The Morgan fingerprint density at radius 1 is 1.37 bits per heavy atom. The molecule has 0 atom stereocenters. The summed E-state index contributed by atoms with van der Waals surface area (Å²) in [7, 11) is 3.76. The third-order valence-corrected chi connectivity index (χ3v) is 3.06. The molecule has 0 unspecified atom stereocenters. The van der Waals surface area contributed by atoms with Crippen molar-refractivity contribution in [2.75, 3.05) is 27.2 Å². The molecule has 0 aliphatic carbocycles. The molecular weight excluding hydrogens is 262 g/mol. The maximum absolute atomic E-state index is 11.9. The predicted molar refractivity (Wildman–Crippen MR) is 78.7 cm³/mol. The van der Waals surface area contributed by atoms with Crippen molar-refractivity contribution in [3.63, 3.8) is 0 Å². The molecule has 0 bridgehead atoms. The number of carbonyl (C=O) groups is 1. The zero-order valence-electron chi connectivity index (χ0n) is 11.5. The highest BCUT2D eigenvalue weighted by molar-refractivity contribution is 7.80. The van der Waals surface area contributed by atoms with Crippen molar-refractivity contribution in [3.8, 4) is 0 Å². The first-order valence-electron chi connectivity index (χ1n) is 6.21. The Kier molecular flexibility index (Phi) is 6.52. The Hall–Kier alpha value is -1.40. The van der Waals surface area contributed by atoms with E-state index in [-0.39, 0.29) is 5.91 Å². The second kappa shape index (κ2) is 7.91. The molecule has 1 rings (SSSR count). The van der Waals surface area contributed by atoms with E-state index in [0.717, 1.165) is 12.1 Å². The van der Waals surface area contributed by atoms with Gasteiger partial charge in [0.25, 0.3) is 0 Å². The summed E-state index contributed by atoms with van der Waals surface area (Å²) >= 11 is 4.79. The van der Waals surface area contributed by atoms with Crippen LogP contribution in [0.4, 0.5) is 0 Å². The van der Waals surface area contributed by atoms with E-state index in [0.29, 0.717) is 30.9 Å². The van der Waals surface area contributed by atoms with E-state index < -0.39 is 0 Å². The summed E-state index contributed by atoms with van der Waals surface area (Å²) in [6, 6.07) is 1.92. The summed E-state index contributed by atoms with van der Waals surface area (Å²) in [4.78, 5) is 16.1. The highest BCUT2D eigenvalue weighted by Crippen LogP contribution is 2.04. The van der Waals surface area contributed by atoms with Gasteiger partial charge in [-0.15, -0.1) is 0 Å². The molecule has 1 aromatic rings. The molecule has 1 amide bonds. The van der Waals surface area contributed by atoms with Crippen LogP contribution in [0.5, 0.6) is 0 Å². The van der Waals surface area contributed by atoms with Gasteiger partial charge in [0.2, 0.25) is 5.91 Å². The third kappa shape index (κ3) is 6.35. The minimum Gasteiger partial charge on any atom is -0.472 e. The van der Waals surface area contributed by atoms with Gasteiger partial charge in [-0.25, -0.2) is 0 Å². The topological polar surface area (TPSA) is 62.7 Å². The molecule has 0 radical (unpaired) electrons. The van der Waals surface area contributed by atoms with E-state index in [1.165, 1.54) is 0 Å². The largest absolute Gasteiger partial charge is 0.472 e. The van der Waals surface area contributed by atoms with Gasteiger partial charge in [0.1, 0.15) is 0 Å². The fourth-order valence-corrected chi connectivity index (χ4v) is 1.74. The fraction of sp³-hybridized carbons (Fsp3) is 0.538. The molecule has 1 aromatic heterocycles. The second-order valence-corrected chi connectivity index (χ2v) is 5.18. The van der Waals surface area contributed by atoms with Crippen molar-refractivity contribution in [3.05, 3.63) is 24.2 Å². The van der Waals surface area contributed by atoms with E-state index >= 15 is 0 Å². The van der Waals surface area contributed by atoms with Gasteiger partial charge in [-0.2, -0.15) is 0 Å². The monoisotopic (exact) mass is 283 g/mol. The Morgan fingerprint density at radius 3 is 2.68 bits per heavy atom. The van der Waals surface area contributed by atoms with E-state index in [1.807, 2.05) is 13.1 Å². The molecule has 0 fully saturated rings. The minimum absolute atomic E-state index is 0.107. The lowest BCUT2D eigenvalue weighted by Gasteiger charge is -2.19. The lowest BCUT2D eigenvalue weighted by atomic mass is 10.3. The number of thiocarbonyl (C=S) groups is 1. The van der Waals surface area contributed by atoms with Gasteiger partial charge in [0.15, 0.2) is 0 Å². The number of amides is 1. The number of rotatable bonds is 8. The molecule has 1 heterocycles. The second-order valence-electron chi connectivity index (χ2n) is 4.65. The van der Waals surface area contributed by atoms with Crippen LogP contribution in [0.3, 0.4) is 0 Å². The van der Waals surface area contributed by atoms with Crippen molar-refractivity contribution in [1.29, 1.82) is 0 Å². The van der Waals surface area contributed by atoms with Crippen molar-refractivity contribution >= 4 is 23.1 Å². The number of nitrogens with zero attached hydrogens (tertiary/aromatic N) is 2. The molecule has 0 aromatic carbocycles. The Morgan fingerprint density at radius 2 is 2.11 bits per heavy atom. The average molecular weight is 283 g/mol. The van der Waals surface area contributed by atoms with E-state index in [2.05, 4.69) is 4.90 Å². The van der Waals surface area contributed by atoms with Crippen LogP contribution in [0.1, 0.15) is 18.4 Å². The number of carbonyl (C=O) groups excluding carboxylic acids is 1. The first-order chi connectivity index (χ1) is 8.99. The smallest absolute Gasteiger partial charge is 0.223 e. The lowest BCUT2D eigenvalue weighted by Crippen LogP contribution is -2.32. The zero-order valence-corrected chi connectivity index (χ0v) is 12.3. The Labute approximate surface area is 119 Å². The van der Waals surface area contributed by atoms with Crippen LogP contribution in [0.2, 0.25) is 0 Å². The van der Waals surface area contributed by atoms with Crippen molar-refractivity contribution in [2.45, 2.75) is 19.4 Å². The lowest BCUT2D eigenvalue weighted by molar-refractivity contribution is -0.130. The van der Waals surface area contributed by atoms with Gasteiger partial charge >= 0.3 is 0 Å². The molecule has 0 saturated carbocycles. The summed E-state index contributed by atoms with van der Waals surface area (Å²) < 4.78 is 5.01. The molecule has 19 heavy (non-hydrogen) atoms. The molecule has 0 aliphatic rings. The average Bonchev–Trinajstić information content (AvgIpc) is 2.85. The van der Waals surface area contributed by atoms with Crippen LogP contribution in [0.15, 0.2) is 23.0 Å². The quantitative estimate of drug-likeness (QED) is 0.727. The highest BCUT2D eigenvalue weighted by Gasteiger charge is 2.10. The van der Waals surface area contributed by atoms with Crippen molar-refractivity contribution in [2.24, 2.45) is 5.73 Å². The third-order valence-electron chi connectivity index (χ3n) is 2.86. The highest BCUT2D eigenvalue weighted by atomic mass is 32.1. The van der Waals surface area contributed by atoms with Gasteiger partial charge < -0.3 is 20.0 Å². The van der Waals surface area contributed by atoms with Crippen LogP contribution >= 0.6 is 12.2 Å². The Bertz CT molecular complexity index is 406. The molecule has 0 saturated heterocycles. The normalized spacial score (nSPS) is 10.7. The van der Waals surface area contributed by atoms with Gasteiger partial charge in [-0.1, -0.05) is 12.2 Å². The van der Waals surface area contributed by atoms with E-state index in [4.69, 9.17) is 22.4 Å². The fourth-order valence-electron chi connectivity index (χ4n) is 1.65. The van der Waals surface area contributed by atoms with E-state index in [1.54, 1.807) is 24.5 Å². The number of nitrogens with two attached hydrogens (primary N) is 1. The summed E-state index contributed by atoms with van der Waals surface area (Å²) in [6.07, 6.45) is 4.43. The zero-order chi connectivity index (χ0) is 14.3. The summed E-state index contributed by atoms with van der Waals surface area (Å²) in [5, 5.41) is 0. The summed E-state index contributed by atoms with van der Waals surface area (Å²) in [5.41, 5.74) is 6.52. The van der Waals surface area contributed by atoms with Gasteiger partial charge in [0.05, 0.1) is 17.5 Å². The van der Waals surface area contributed by atoms with Crippen LogP contribution in [-0.2, 0) is 11.3 Å². The van der Waals surface area contributed by atoms with Crippen molar-refractivity contribution < 1.29 is 9.21 Å². The first kappa shape index (κ1) is 15.7. The van der Waals surface area contributed by atoms with Crippen LogP contribution in [0, 0.1) is 0 Å². The minimum atomic E-state index is 0.107. The first-order valence-corrected chi connectivity index (χ1v) is 6.61. The molecule has 0 aliphatic heterocycles. The molecule has 106 valence electrons. The summed E-state index contributed by atoms with van der Waals surface area (Å²) in [6.45, 7) is 2.07. The van der Waals surface area contributed by atoms with Crippen molar-refractivity contribution in [1.82, 2.24) is 9.80 Å². The molecule has 0 spiro atoms. The predicted octanol–water partition coefficient (Wildman–Crippen LogP) is 1.24. The van der Waals surface area contributed by atoms with Crippen LogP contribution in [0.25, 0.3) is 0 Å². The van der Waals surface area contributed by atoms with E-state index in [9.17, 15) is 4.79 Å².